The summed E-state index contributed by atoms with van der Waals surface area (Å²) < 4.78 is 27.7. The zero-order chi connectivity index (χ0) is 23.2. The Balaban J connectivity index is 1.43. The lowest BCUT2D eigenvalue weighted by Crippen LogP contribution is -2.56. The van der Waals surface area contributed by atoms with Crippen LogP contribution in [-0.4, -0.2) is 72.5 Å². The van der Waals surface area contributed by atoms with Crippen LogP contribution in [0.5, 0.6) is 0 Å². The van der Waals surface area contributed by atoms with Gasteiger partial charge in [0.2, 0.25) is 27.7 Å². The van der Waals surface area contributed by atoms with Gasteiger partial charge in [0.15, 0.2) is 0 Å². The number of benzene rings is 1. The lowest BCUT2D eigenvalue weighted by Gasteiger charge is -2.36. The van der Waals surface area contributed by atoms with Crippen molar-refractivity contribution in [2.75, 3.05) is 26.2 Å². The Morgan fingerprint density at radius 3 is 2.09 bits per heavy atom. The molecule has 2 fully saturated rings. The molecule has 0 bridgehead atoms. The average Bonchev–Trinajstić information content (AvgIpc) is 3.04. The van der Waals surface area contributed by atoms with E-state index in [0.29, 0.717) is 18.4 Å². The Labute approximate surface area is 188 Å². The van der Waals surface area contributed by atoms with Crippen molar-refractivity contribution in [3.8, 4) is 0 Å². The van der Waals surface area contributed by atoms with Crippen LogP contribution in [0.2, 0.25) is 0 Å². The van der Waals surface area contributed by atoms with Crippen LogP contribution in [0.4, 0.5) is 0 Å². The molecule has 2 saturated heterocycles. The van der Waals surface area contributed by atoms with Gasteiger partial charge in [-0.3, -0.25) is 19.3 Å². The van der Waals surface area contributed by atoms with Gasteiger partial charge in [-0.2, -0.15) is 4.31 Å². The quantitative estimate of drug-likeness (QED) is 0.502. The monoisotopic (exact) mass is 459 g/mol. The zero-order valence-corrected chi connectivity index (χ0v) is 19.5. The van der Waals surface area contributed by atoms with Gasteiger partial charge in [-0.15, -0.1) is 0 Å². The number of likely N-dealkylation sites (tertiary alicyclic amines) is 1. The van der Waals surface area contributed by atoms with Gasteiger partial charge in [-0.1, -0.05) is 24.3 Å². The van der Waals surface area contributed by atoms with Gasteiger partial charge in [0, 0.05) is 26.2 Å². The molecular formula is C23H29N3O5S. The van der Waals surface area contributed by atoms with Crippen LogP contribution < -0.4 is 0 Å². The molecule has 3 amide bonds. The molecule has 4 rings (SSSR count). The first-order valence-corrected chi connectivity index (χ1v) is 12.4. The lowest BCUT2D eigenvalue weighted by atomic mass is 9.85. The van der Waals surface area contributed by atoms with E-state index in [1.807, 2.05) is 25.1 Å². The fourth-order valence-electron chi connectivity index (χ4n) is 4.86. The Kier molecular flexibility index (Phi) is 5.98. The Morgan fingerprint density at radius 1 is 0.969 bits per heavy atom. The van der Waals surface area contributed by atoms with E-state index >= 15 is 0 Å². The number of aryl methyl sites for hydroxylation is 2. The van der Waals surface area contributed by atoms with Crippen LogP contribution in [0.25, 0.3) is 0 Å². The summed E-state index contributed by atoms with van der Waals surface area (Å²) in [6.07, 6.45) is 4.89. The van der Waals surface area contributed by atoms with E-state index in [2.05, 4.69) is 0 Å². The largest absolute Gasteiger partial charge is 0.338 e. The fraction of sp³-hybridized carbons (Fsp3) is 0.522. The van der Waals surface area contributed by atoms with Crippen LogP contribution in [0.1, 0.15) is 30.9 Å². The predicted molar refractivity (Wildman–Crippen MR) is 118 cm³/mol. The minimum absolute atomic E-state index is 0.172. The molecule has 1 aromatic rings. The van der Waals surface area contributed by atoms with Crippen molar-refractivity contribution in [3.63, 3.8) is 0 Å². The maximum atomic E-state index is 13.1. The summed E-state index contributed by atoms with van der Waals surface area (Å²) in [7, 11) is -3.66. The molecule has 0 aromatic heterocycles. The third kappa shape index (κ3) is 3.77. The Hall–Kier alpha value is -2.52. The number of hydrogen-bond acceptors (Lipinski definition) is 5. The van der Waals surface area contributed by atoms with Crippen LogP contribution in [0, 0.1) is 25.7 Å². The summed E-state index contributed by atoms with van der Waals surface area (Å²) >= 11 is 0. The molecule has 172 valence electrons. The van der Waals surface area contributed by atoms with E-state index in [1.165, 1.54) is 4.31 Å². The van der Waals surface area contributed by atoms with Crippen molar-refractivity contribution in [2.45, 2.75) is 44.6 Å². The number of imide groups is 1. The first kappa shape index (κ1) is 22.7. The highest BCUT2D eigenvalue weighted by atomic mass is 32.2. The number of piperazine rings is 1. The molecule has 0 saturated carbocycles. The molecule has 0 N–H and O–H groups in total. The second-order valence-corrected chi connectivity index (χ2v) is 10.8. The van der Waals surface area contributed by atoms with Gasteiger partial charge in [-0.05, 0) is 50.8 Å². The van der Waals surface area contributed by atoms with Crippen molar-refractivity contribution < 1.29 is 22.8 Å². The van der Waals surface area contributed by atoms with Crippen molar-refractivity contribution in [2.24, 2.45) is 11.8 Å². The zero-order valence-electron chi connectivity index (χ0n) is 18.7. The van der Waals surface area contributed by atoms with Crippen molar-refractivity contribution >= 4 is 27.7 Å². The summed E-state index contributed by atoms with van der Waals surface area (Å²) in [6.45, 7) is 5.99. The first-order chi connectivity index (χ1) is 15.1. The SMILES string of the molecule is Cc1ccc(C)c(S(=O)(=O)N2CCN(C(=O)[C@H](C)N3C(=O)[C@H]4CC=CC[C@H]4C3=O)CC2)c1. The predicted octanol–water partition coefficient (Wildman–Crippen LogP) is 1.48. The van der Waals surface area contributed by atoms with Crippen molar-refractivity contribution in [1.29, 1.82) is 0 Å². The minimum atomic E-state index is -3.66. The van der Waals surface area contributed by atoms with E-state index in [0.717, 1.165) is 10.5 Å². The number of sulfonamides is 1. The summed E-state index contributed by atoms with van der Waals surface area (Å²) in [5.41, 5.74) is 1.55. The van der Waals surface area contributed by atoms with Crippen LogP contribution in [0.3, 0.4) is 0 Å². The van der Waals surface area contributed by atoms with Gasteiger partial charge in [0.1, 0.15) is 6.04 Å². The summed E-state index contributed by atoms with van der Waals surface area (Å²) in [5, 5.41) is 0. The molecule has 0 unspecified atom stereocenters. The molecule has 3 aliphatic rings. The third-order valence-electron chi connectivity index (χ3n) is 6.80. The summed E-state index contributed by atoms with van der Waals surface area (Å²) in [4.78, 5) is 41.7. The topological polar surface area (TPSA) is 95.1 Å². The number of hydrogen-bond donors (Lipinski definition) is 0. The maximum absolute atomic E-state index is 13.1. The smallest absolute Gasteiger partial charge is 0.245 e. The lowest BCUT2D eigenvalue weighted by molar-refractivity contribution is -0.151. The Morgan fingerprint density at radius 2 is 1.53 bits per heavy atom. The number of amides is 3. The van der Waals surface area contributed by atoms with Gasteiger partial charge in [-0.25, -0.2) is 8.42 Å². The molecule has 1 aromatic carbocycles. The van der Waals surface area contributed by atoms with E-state index < -0.39 is 16.1 Å². The van der Waals surface area contributed by atoms with Gasteiger partial charge in [0.25, 0.3) is 0 Å². The summed E-state index contributed by atoms with van der Waals surface area (Å²) in [6, 6.07) is 4.45. The highest BCUT2D eigenvalue weighted by molar-refractivity contribution is 7.89. The Bertz CT molecular complexity index is 1060. The standard InChI is InChI=1S/C23H29N3O5S/c1-15-8-9-16(2)20(14-15)32(30,31)25-12-10-24(11-13-25)21(27)17(3)26-22(28)18-6-4-5-7-19(18)23(26)29/h4-5,8-9,14,17-19H,6-7,10-13H2,1-3H3/t17-,18-,19+/m0/s1. The van der Waals surface area contributed by atoms with Crippen molar-refractivity contribution in [3.05, 3.63) is 41.5 Å². The molecule has 8 nitrogen and oxygen atoms in total. The number of allylic oxidation sites excluding steroid dienone is 2. The third-order valence-corrected chi connectivity index (χ3v) is 8.84. The second-order valence-electron chi connectivity index (χ2n) is 8.88. The number of fused-ring (bicyclic) bond motifs is 1. The normalized spacial score (nSPS) is 25.2. The van der Waals surface area contributed by atoms with E-state index in [-0.39, 0.29) is 60.6 Å². The maximum Gasteiger partial charge on any atom is 0.245 e. The number of rotatable bonds is 4. The van der Waals surface area contributed by atoms with Crippen molar-refractivity contribution in [1.82, 2.24) is 14.1 Å². The molecule has 0 spiro atoms. The van der Waals surface area contributed by atoms with Gasteiger partial charge >= 0.3 is 0 Å². The molecule has 32 heavy (non-hydrogen) atoms. The molecule has 3 atom stereocenters. The highest BCUT2D eigenvalue weighted by Gasteiger charge is 2.50. The van der Waals surface area contributed by atoms with E-state index in [4.69, 9.17) is 0 Å². The molecule has 2 heterocycles. The highest BCUT2D eigenvalue weighted by Crippen LogP contribution is 2.36. The van der Waals surface area contributed by atoms with Crippen LogP contribution in [-0.2, 0) is 24.4 Å². The van der Waals surface area contributed by atoms with Crippen LogP contribution in [0.15, 0.2) is 35.2 Å². The second kappa shape index (κ2) is 8.44. The number of carbonyl (C=O) groups excluding carboxylic acids is 3. The van der Waals surface area contributed by atoms with E-state index in [1.54, 1.807) is 30.9 Å². The number of nitrogens with zero attached hydrogens (tertiary/aromatic N) is 3. The average molecular weight is 460 g/mol. The van der Waals surface area contributed by atoms with E-state index in [9.17, 15) is 22.8 Å². The molecule has 2 aliphatic heterocycles. The minimum Gasteiger partial charge on any atom is -0.338 e. The molecule has 1 aliphatic carbocycles. The fourth-order valence-corrected chi connectivity index (χ4v) is 6.59. The summed E-state index contributed by atoms with van der Waals surface area (Å²) in [5.74, 6) is -1.62. The first-order valence-electron chi connectivity index (χ1n) is 11.0. The molecule has 0 radical (unpaired) electrons. The van der Waals surface area contributed by atoms with Gasteiger partial charge in [0.05, 0.1) is 16.7 Å². The molecule has 9 heteroatoms. The number of carbonyl (C=O) groups is 3. The van der Waals surface area contributed by atoms with Gasteiger partial charge < -0.3 is 4.90 Å². The molecular weight excluding hydrogens is 430 g/mol. The van der Waals surface area contributed by atoms with Crippen LogP contribution >= 0.6 is 0 Å².